The monoisotopic (exact) mass is 481 g/mol. The average molecular weight is 482 g/mol. The first-order valence-corrected chi connectivity index (χ1v) is 12.3. The SMILES string of the molecule is COc1ccc(C2CCOCC2)cc1N(c1ccon1)S(=O)(=O)c1ccc2[nH]c(=O)ccc2c1. The highest BCUT2D eigenvalue weighted by Gasteiger charge is 2.32. The Morgan fingerprint density at radius 2 is 1.88 bits per heavy atom. The van der Waals surface area contributed by atoms with Crippen molar-refractivity contribution >= 4 is 32.4 Å². The van der Waals surface area contributed by atoms with Crippen molar-refractivity contribution in [1.82, 2.24) is 10.1 Å². The highest BCUT2D eigenvalue weighted by molar-refractivity contribution is 7.93. The minimum absolute atomic E-state index is 0.0357. The highest BCUT2D eigenvalue weighted by Crippen LogP contribution is 2.41. The van der Waals surface area contributed by atoms with Crippen LogP contribution < -0.4 is 14.6 Å². The van der Waals surface area contributed by atoms with Crippen LogP contribution >= 0.6 is 0 Å². The van der Waals surface area contributed by atoms with Crippen molar-refractivity contribution in [2.75, 3.05) is 24.6 Å². The van der Waals surface area contributed by atoms with Gasteiger partial charge >= 0.3 is 0 Å². The molecule has 1 saturated heterocycles. The molecule has 0 amide bonds. The summed E-state index contributed by atoms with van der Waals surface area (Å²) in [5, 5.41) is 4.51. The van der Waals surface area contributed by atoms with Crippen LogP contribution in [-0.4, -0.2) is 38.9 Å². The van der Waals surface area contributed by atoms with Crippen molar-refractivity contribution in [3.63, 3.8) is 0 Å². The van der Waals surface area contributed by atoms with Gasteiger partial charge in [0.05, 0.1) is 12.0 Å². The number of hydrogen-bond donors (Lipinski definition) is 1. The summed E-state index contributed by atoms with van der Waals surface area (Å²) in [6, 6.07) is 14.5. The second-order valence-electron chi connectivity index (χ2n) is 8.02. The van der Waals surface area contributed by atoms with Crippen molar-refractivity contribution < 1.29 is 22.4 Å². The van der Waals surface area contributed by atoms with Gasteiger partial charge in [-0.1, -0.05) is 11.2 Å². The van der Waals surface area contributed by atoms with E-state index < -0.39 is 10.0 Å². The number of aromatic nitrogens is 2. The van der Waals surface area contributed by atoms with Gasteiger partial charge in [-0.05, 0) is 66.1 Å². The van der Waals surface area contributed by atoms with E-state index in [2.05, 4.69) is 10.1 Å². The number of aromatic amines is 1. The number of sulfonamides is 1. The Bertz CT molecular complexity index is 1470. The maximum absolute atomic E-state index is 14.0. The lowest BCUT2D eigenvalue weighted by atomic mass is 9.91. The number of rotatable bonds is 6. The standard InChI is InChI=1S/C24H23N3O6S/c1-31-22-6-2-17(16-8-11-32-12-9-16)15-21(22)27(23-10-13-33-26-23)34(29,30)19-4-5-20-18(14-19)3-7-24(28)25-20/h2-7,10,13-16H,8-9,11-12H2,1H3,(H,25,28). The molecule has 0 bridgehead atoms. The zero-order valence-electron chi connectivity index (χ0n) is 18.4. The number of H-pyrrole nitrogens is 1. The smallest absolute Gasteiger partial charge is 0.270 e. The second-order valence-corrected chi connectivity index (χ2v) is 9.80. The van der Waals surface area contributed by atoms with Gasteiger partial charge in [0.25, 0.3) is 10.0 Å². The van der Waals surface area contributed by atoms with Crippen molar-refractivity contribution in [2.45, 2.75) is 23.7 Å². The summed E-state index contributed by atoms with van der Waals surface area (Å²) in [7, 11) is -2.65. The van der Waals surface area contributed by atoms with Gasteiger partial charge in [0, 0.05) is 30.9 Å². The van der Waals surface area contributed by atoms with Gasteiger partial charge in [0.1, 0.15) is 17.7 Å². The van der Waals surface area contributed by atoms with E-state index in [0.717, 1.165) is 22.7 Å². The average Bonchev–Trinajstić information content (AvgIpc) is 3.38. The lowest BCUT2D eigenvalue weighted by Gasteiger charge is -2.27. The first kappa shape index (κ1) is 22.2. The minimum Gasteiger partial charge on any atom is -0.495 e. The summed E-state index contributed by atoms with van der Waals surface area (Å²) in [4.78, 5) is 14.4. The van der Waals surface area contributed by atoms with E-state index in [9.17, 15) is 13.2 Å². The van der Waals surface area contributed by atoms with Crippen LogP contribution in [0, 0.1) is 0 Å². The van der Waals surface area contributed by atoms with E-state index in [-0.39, 0.29) is 22.2 Å². The molecule has 1 aliphatic rings. The third kappa shape index (κ3) is 4.06. The molecule has 2 aromatic carbocycles. The lowest BCUT2D eigenvalue weighted by Crippen LogP contribution is -2.27. The molecule has 34 heavy (non-hydrogen) atoms. The molecule has 9 nitrogen and oxygen atoms in total. The number of anilines is 2. The van der Waals surface area contributed by atoms with Crippen LogP contribution in [0.15, 0.2) is 75.1 Å². The molecule has 5 rings (SSSR count). The number of fused-ring (bicyclic) bond motifs is 1. The first-order chi connectivity index (χ1) is 16.5. The van der Waals surface area contributed by atoms with Crippen LogP contribution in [0.2, 0.25) is 0 Å². The van der Waals surface area contributed by atoms with Crippen LogP contribution in [0.5, 0.6) is 5.75 Å². The summed E-state index contributed by atoms with van der Waals surface area (Å²) >= 11 is 0. The first-order valence-electron chi connectivity index (χ1n) is 10.8. The van der Waals surface area contributed by atoms with Gasteiger partial charge in [-0.3, -0.25) is 4.79 Å². The summed E-state index contributed by atoms with van der Waals surface area (Å²) in [6.45, 7) is 1.33. The van der Waals surface area contributed by atoms with Crippen molar-refractivity contribution in [3.8, 4) is 5.75 Å². The number of ether oxygens (including phenoxy) is 2. The number of benzene rings is 2. The molecule has 10 heteroatoms. The molecule has 3 heterocycles. The van der Waals surface area contributed by atoms with Crippen LogP contribution in [0.4, 0.5) is 11.5 Å². The normalized spacial score (nSPS) is 14.9. The molecule has 1 fully saturated rings. The predicted molar refractivity (Wildman–Crippen MR) is 126 cm³/mol. The van der Waals surface area contributed by atoms with Crippen molar-refractivity contribution in [3.05, 3.63) is 76.8 Å². The lowest BCUT2D eigenvalue weighted by molar-refractivity contribution is 0.0853. The molecular weight excluding hydrogens is 458 g/mol. The maximum atomic E-state index is 14.0. The number of nitrogens with zero attached hydrogens (tertiary/aromatic N) is 2. The molecule has 1 aliphatic heterocycles. The second kappa shape index (κ2) is 8.96. The van der Waals surface area contributed by atoms with Crippen molar-refractivity contribution in [1.29, 1.82) is 0 Å². The Morgan fingerprint density at radius 3 is 2.62 bits per heavy atom. The molecule has 176 valence electrons. The van der Waals surface area contributed by atoms with Crippen molar-refractivity contribution in [2.24, 2.45) is 0 Å². The van der Waals surface area contributed by atoms with E-state index in [1.165, 1.54) is 37.6 Å². The van der Waals surface area contributed by atoms with Crippen LogP contribution in [0.1, 0.15) is 24.3 Å². The number of hydrogen-bond acceptors (Lipinski definition) is 7. The quantitative estimate of drug-likeness (QED) is 0.443. The maximum Gasteiger partial charge on any atom is 0.270 e. The Balaban J connectivity index is 1.67. The third-order valence-electron chi connectivity index (χ3n) is 5.98. The molecule has 0 saturated carbocycles. The molecule has 0 radical (unpaired) electrons. The minimum atomic E-state index is -4.14. The van der Waals surface area contributed by atoms with E-state index in [4.69, 9.17) is 14.0 Å². The summed E-state index contributed by atoms with van der Waals surface area (Å²) in [5.41, 5.74) is 1.61. The Hall–Kier alpha value is -3.63. The Labute approximate surface area is 196 Å². The zero-order valence-corrected chi connectivity index (χ0v) is 19.2. The van der Waals surface area contributed by atoms with E-state index >= 15 is 0 Å². The summed E-state index contributed by atoms with van der Waals surface area (Å²) in [5.74, 6) is 0.731. The van der Waals surface area contributed by atoms with Crippen LogP contribution in [0.25, 0.3) is 10.9 Å². The van der Waals surface area contributed by atoms with Gasteiger partial charge in [0.15, 0.2) is 5.82 Å². The molecule has 0 spiro atoms. The van der Waals surface area contributed by atoms with E-state index in [1.807, 2.05) is 12.1 Å². The van der Waals surface area contributed by atoms with Gasteiger partial charge in [-0.2, -0.15) is 0 Å². The fourth-order valence-electron chi connectivity index (χ4n) is 4.24. The summed E-state index contributed by atoms with van der Waals surface area (Å²) in [6.07, 6.45) is 3.02. The fraction of sp³-hybridized carbons (Fsp3) is 0.250. The van der Waals surface area contributed by atoms with Crippen LogP contribution in [-0.2, 0) is 14.8 Å². The number of pyridine rings is 1. The molecule has 0 unspecified atom stereocenters. The van der Waals surface area contributed by atoms with Gasteiger partial charge in [-0.15, -0.1) is 0 Å². The van der Waals surface area contributed by atoms with Gasteiger partial charge in [-0.25, -0.2) is 12.7 Å². The fourth-order valence-corrected chi connectivity index (χ4v) is 5.70. The zero-order chi connectivity index (χ0) is 23.7. The molecule has 0 atom stereocenters. The molecule has 0 aliphatic carbocycles. The largest absolute Gasteiger partial charge is 0.495 e. The van der Waals surface area contributed by atoms with Gasteiger partial charge < -0.3 is 19.0 Å². The van der Waals surface area contributed by atoms with E-state index in [0.29, 0.717) is 35.6 Å². The Morgan fingerprint density at radius 1 is 1.06 bits per heavy atom. The highest BCUT2D eigenvalue weighted by atomic mass is 32.2. The molecular formula is C24H23N3O6S. The third-order valence-corrected chi connectivity index (χ3v) is 7.69. The van der Waals surface area contributed by atoms with E-state index in [1.54, 1.807) is 18.2 Å². The predicted octanol–water partition coefficient (Wildman–Crippen LogP) is 3.95. The molecule has 2 aromatic heterocycles. The van der Waals surface area contributed by atoms with Gasteiger partial charge in [0.2, 0.25) is 5.56 Å². The molecule has 1 N–H and O–H groups in total. The molecule has 4 aromatic rings. The number of methoxy groups -OCH3 is 1. The number of nitrogens with one attached hydrogen (secondary N) is 1. The topological polar surface area (TPSA) is 115 Å². The Kier molecular flexibility index (Phi) is 5.84. The summed E-state index contributed by atoms with van der Waals surface area (Å²) < 4.78 is 45.2. The van der Waals surface area contributed by atoms with Crippen LogP contribution in [0.3, 0.4) is 0 Å².